The van der Waals surface area contributed by atoms with Gasteiger partial charge in [0.05, 0.1) is 17.9 Å². The Morgan fingerprint density at radius 2 is 1.56 bits per heavy atom. The summed E-state index contributed by atoms with van der Waals surface area (Å²) in [6, 6.07) is 16.4. The summed E-state index contributed by atoms with van der Waals surface area (Å²) >= 11 is 0. The lowest BCUT2D eigenvalue weighted by Gasteiger charge is -2.26. The topological polar surface area (TPSA) is 105 Å². The number of carbonyl (C=O) groups excluding carboxylic acids is 3. The fourth-order valence-corrected chi connectivity index (χ4v) is 4.30. The fraction of sp³-hybridized carbons (Fsp3) is 0.444. The smallest absolute Gasteiger partial charge is 0.254 e. The number of carbonyl (C=O) groups is 3. The van der Waals surface area contributed by atoms with Crippen LogP contribution in [0, 0.1) is 0 Å². The number of hydrogen-bond donors (Lipinski definition) is 3. The molecule has 1 fully saturated rings. The molecule has 1 aliphatic carbocycles. The third-order valence-electron chi connectivity index (χ3n) is 6.18. The number of para-hydroxylation sites is 2. The average molecular weight is 465 g/mol. The van der Waals surface area contributed by atoms with Crippen molar-refractivity contribution >= 4 is 29.1 Å². The lowest BCUT2D eigenvalue weighted by atomic mass is 9.95. The lowest BCUT2D eigenvalue weighted by molar-refractivity contribution is -0.122. The Kier molecular flexibility index (Phi) is 9.95. The molecule has 0 heterocycles. The van der Waals surface area contributed by atoms with Gasteiger partial charge in [0, 0.05) is 24.6 Å². The van der Waals surface area contributed by atoms with Crippen LogP contribution < -0.4 is 16.4 Å². The number of unbranched alkanes of at least 4 members (excludes halogenated alkanes) is 2. The highest BCUT2D eigenvalue weighted by atomic mass is 16.2. The van der Waals surface area contributed by atoms with Crippen LogP contribution in [0.3, 0.4) is 0 Å². The van der Waals surface area contributed by atoms with Crippen LogP contribution in [-0.2, 0) is 9.59 Å². The summed E-state index contributed by atoms with van der Waals surface area (Å²) in [5, 5.41) is 5.94. The first-order valence-electron chi connectivity index (χ1n) is 12.3. The van der Waals surface area contributed by atoms with Crippen molar-refractivity contribution < 1.29 is 14.4 Å². The monoisotopic (exact) mass is 464 g/mol. The van der Waals surface area contributed by atoms with Gasteiger partial charge in [-0.05, 0) is 49.9 Å². The number of nitrogens with one attached hydrogen (secondary N) is 2. The van der Waals surface area contributed by atoms with E-state index < -0.39 is 0 Å². The van der Waals surface area contributed by atoms with Gasteiger partial charge in [-0.3, -0.25) is 14.4 Å². The van der Waals surface area contributed by atoms with Gasteiger partial charge in [-0.1, -0.05) is 56.0 Å². The predicted octanol–water partition coefficient (Wildman–Crippen LogP) is 4.36. The molecular weight excluding hydrogens is 428 g/mol. The number of amides is 3. The first kappa shape index (κ1) is 25.3. The molecule has 0 unspecified atom stereocenters. The summed E-state index contributed by atoms with van der Waals surface area (Å²) in [5.74, 6) is -0.324. The third kappa shape index (κ3) is 8.21. The Hall–Kier alpha value is -3.35. The highest BCUT2D eigenvalue weighted by Crippen LogP contribution is 2.18. The van der Waals surface area contributed by atoms with E-state index in [0.29, 0.717) is 36.3 Å². The number of nitrogen functional groups attached to an aromatic ring is 1. The Morgan fingerprint density at radius 3 is 2.29 bits per heavy atom. The zero-order valence-electron chi connectivity index (χ0n) is 19.8. The maximum absolute atomic E-state index is 13.0. The van der Waals surface area contributed by atoms with E-state index in [9.17, 15) is 14.4 Å². The van der Waals surface area contributed by atoms with Crippen molar-refractivity contribution in [3.05, 3.63) is 60.2 Å². The zero-order chi connectivity index (χ0) is 24.2. The van der Waals surface area contributed by atoms with Gasteiger partial charge in [-0.25, -0.2) is 0 Å². The number of hydrogen-bond acceptors (Lipinski definition) is 4. The molecule has 0 atom stereocenters. The van der Waals surface area contributed by atoms with E-state index in [1.165, 1.54) is 6.42 Å². The minimum atomic E-state index is -0.142. The van der Waals surface area contributed by atoms with Gasteiger partial charge in [-0.2, -0.15) is 0 Å². The van der Waals surface area contributed by atoms with E-state index in [1.807, 2.05) is 30.3 Å². The molecule has 0 bridgehead atoms. The minimum Gasteiger partial charge on any atom is -0.397 e. The summed E-state index contributed by atoms with van der Waals surface area (Å²) in [6.07, 6.45) is 8.09. The van der Waals surface area contributed by atoms with Crippen molar-refractivity contribution in [1.29, 1.82) is 0 Å². The number of benzene rings is 2. The van der Waals surface area contributed by atoms with E-state index in [0.717, 1.165) is 38.5 Å². The fourth-order valence-electron chi connectivity index (χ4n) is 4.30. The molecule has 1 aliphatic rings. The molecule has 3 amide bonds. The van der Waals surface area contributed by atoms with E-state index in [2.05, 4.69) is 10.6 Å². The van der Waals surface area contributed by atoms with Crippen molar-refractivity contribution in [1.82, 2.24) is 10.2 Å². The Morgan fingerprint density at radius 1 is 0.853 bits per heavy atom. The van der Waals surface area contributed by atoms with E-state index in [4.69, 9.17) is 5.73 Å². The molecule has 7 heteroatoms. The number of nitrogens with two attached hydrogens (primary N) is 1. The van der Waals surface area contributed by atoms with Gasteiger partial charge in [0.2, 0.25) is 11.8 Å². The number of nitrogens with zero attached hydrogens (tertiary/aromatic N) is 1. The maximum Gasteiger partial charge on any atom is 0.254 e. The van der Waals surface area contributed by atoms with Crippen molar-refractivity contribution in [2.24, 2.45) is 0 Å². The van der Waals surface area contributed by atoms with Gasteiger partial charge in [0.25, 0.3) is 5.91 Å². The Balaban J connectivity index is 1.46. The molecule has 7 nitrogen and oxygen atoms in total. The largest absolute Gasteiger partial charge is 0.397 e. The molecule has 0 spiro atoms. The van der Waals surface area contributed by atoms with Crippen LogP contribution in [0.5, 0.6) is 0 Å². The van der Waals surface area contributed by atoms with Gasteiger partial charge in [0.1, 0.15) is 0 Å². The second kappa shape index (κ2) is 13.4. The molecule has 34 heavy (non-hydrogen) atoms. The minimum absolute atomic E-state index is 0.0536. The molecule has 0 aliphatic heterocycles. The van der Waals surface area contributed by atoms with Crippen molar-refractivity contribution in [3.63, 3.8) is 0 Å². The Bertz CT molecular complexity index is 942. The molecule has 0 radical (unpaired) electrons. The second-order valence-electron chi connectivity index (χ2n) is 8.94. The van der Waals surface area contributed by atoms with Crippen LogP contribution in [0.25, 0.3) is 0 Å². The molecular formula is C27H36N4O3. The summed E-state index contributed by atoms with van der Waals surface area (Å²) in [6.45, 7) is 0.525. The molecule has 0 saturated heterocycles. The normalized spacial score (nSPS) is 13.8. The van der Waals surface area contributed by atoms with Crippen molar-refractivity contribution in [2.45, 2.75) is 63.8 Å². The van der Waals surface area contributed by atoms with Crippen LogP contribution >= 0.6 is 0 Å². The maximum atomic E-state index is 13.0. The first-order valence-corrected chi connectivity index (χ1v) is 12.3. The van der Waals surface area contributed by atoms with Gasteiger partial charge >= 0.3 is 0 Å². The molecule has 4 N–H and O–H groups in total. The summed E-state index contributed by atoms with van der Waals surface area (Å²) in [5.41, 5.74) is 7.61. The van der Waals surface area contributed by atoms with Crippen LogP contribution in [0.1, 0.15) is 68.1 Å². The highest BCUT2D eigenvalue weighted by Gasteiger charge is 2.21. The van der Waals surface area contributed by atoms with Crippen LogP contribution in [0.15, 0.2) is 54.6 Å². The average Bonchev–Trinajstić information content (AvgIpc) is 2.85. The zero-order valence-corrected chi connectivity index (χ0v) is 19.8. The molecule has 2 aromatic carbocycles. The quantitative estimate of drug-likeness (QED) is 0.339. The van der Waals surface area contributed by atoms with Gasteiger partial charge < -0.3 is 21.3 Å². The van der Waals surface area contributed by atoms with Crippen LogP contribution in [0.2, 0.25) is 0 Å². The second-order valence-corrected chi connectivity index (χ2v) is 8.94. The number of anilines is 2. The molecule has 182 valence electrons. The SMILES string of the molecule is Nc1ccccc1NC(=O)CCCCCN(CC(=O)NC1CCCCC1)C(=O)c1ccccc1. The van der Waals surface area contributed by atoms with E-state index in [1.54, 1.807) is 29.2 Å². The van der Waals surface area contributed by atoms with Gasteiger partial charge in [-0.15, -0.1) is 0 Å². The standard InChI is InChI=1S/C27H36N4O3/c28-23-16-9-10-17-24(23)30-25(32)18-8-3-11-19-31(27(34)21-12-4-1-5-13-21)20-26(33)29-22-14-6-2-7-15-22/h1,4-5,9-10,12-13,16-17,22H,2-3,6-8,11,14-15,18-20,28H2,(H,29,33)(H,30,32). The van der Waals surface area contributed by atoms with Crippen LogP contribution in [-0.4, -0.2) is 41.8 Å². The van der Waals surface area contributed by atoms with Crippen molar-refractivity contribution in [2.75, 3.05) is 24.1 Å². The Labute approximate surface area is 202 Å². The molecule has 1 saturated carbocycles. The summed E-state index contributed by atoms with van der Waals surface area (Å²) in [7, 11) is 0. The lowest BCUT2D eigenvalue weighted by Crippen LogP contribution is -2.45. The third-order valence-corrected chi connectivity index (χ3v) is 6.18. The predicted molar refractivity (Wildman–Crippen MR) is 135 cm³/mol. The molecule has 2 aromatic rings. The summed E-state index contributed by atoms with van der Waals surface area (Å²) in [4.78, 5) is 39.5. The van der Waals surface area contributed by atoms with Crippen LogP contribution in [0.4, 0.5) is 11.4 Å². The summed E-state index contributed by atoms with van der Waals surface area (Å²) < 4.78 is 0. The van der Waals surface area contributed by atoms with Crippen molar-refractivity contribution in [3.8, 4) is 0 Å². The van der Waals surface area contributed by atoms with E-state index >= 15 is 0 Å². The highest BCUT2D eigenvalue weighted by molar-refractivity contribution is 5.96. The van der Waals surface area contributed by atoms with Gasteiger partial charge in [0.15, 0.2) is 0 Å². The molecule has 3 rings (SSSR count). The molecule has 0 aromatic heterocycles. The first-order chi connectivity index (χ1) is 16.5. The van der Waals surface area contributed by atoms with E-state index in [-0.39, 0.29) is 30.3 Å². The number of rotatable bonds is 11.